The second-order valence-corrected chi connectivity index (χ2v) is 6.60. The fourth-order valence-corrected chi connectivity index (χ4v) is 2.80. The van der Waals surface area contributed by atoms with Crippen molar-refractivity contribution in [2.45, 2.75) is 26.8 Å². The molecule has 2 rings (SSSR count). The first kappa shape index (κ1) is 16.8. The summed E-state index contributed by atoms with van der Waals surface area (Å²) in [6, 6.07) is 7.94. The molecular formula is C16H21ClN4S. The van der Waals surface area contributed by atoms with Gasteiger partial charge in [0.1, 0.15) is 0 Å². The molecule has 0 fully saturated rings. The average molecular weight is 337 g/mol. The second kappa shape index (κ2) is 8.76. The summed E-state index contributed by atoms with van der Waals surface area (Å²) in [5, 5.41) is 8.45. The summed E-state index contributed by atoms with van der Waals surface area (Å²) in [6.07, 6.45) is 2.82. The summed E-state index contributed by atoms with van der Waals surface area (Å²) in [5.74, 6) is 0.836. The maximum Gasteiger partial charge on any atom is 0.191 e. The Kier molecular flexibility index (Phi) is 6.68. The van der Waals surface area contributed by atoms with Crippen molar-refractivity contribution >= 4 is 28.9 Å². The number of hydrogen-bond acceptors (Lipinski definition) is 3. The molecule has 0 aliphatic carbocycles. The van der Waals surface area contributed by atoms with E-state index in [1.807, 2.05) is 37.4 Å². The minimum Gasteiger partial charge on any atom is -0.357 e. The van der Waals surface area contributed by atoms with E-state index in [0.717, 1.165) is 35.5 Å². The largest absolute Gasteiger partial charge is 0.357 e. The van der Waals surface area contributed by atoms with Crippen molar-refractivity contribution in [3.8, 4) is 0 Å². The maximum absolute atomic E-state index is 5.89. The molecule has 1 heterocycles. The molecule has 0 aliphatic heterocycles. The van der Waals surface area contributed by atoms with Crippen LogP contribution in [-0.4, -0.2) is 24.0 Å². The topological polar surface area (TPSA) is 49.3 Å². The molecule has 2 aromatic rings. The zero-order chi connectivity index (χ0) is 15.8. The first-order chi connectivity index (χ1) is 10.7. The quantitative estimate of drug-likeness (QED) is 0.628. The fourth-order valence-electron chi connectivity index (χ4n) is 1.95. The number of hydrogen-bond donors (Lipinski definition) is 2. The van der Waals surface area contributed by atoms with Gasteiger partial charge in [-0.2, -0.15) is 0 Å². The Morgan fingerprint density at radius 1 is 1.27 bits per heavy atom. The number of aliphatic imine (C=N–C) groups is 1. The van der Waals surface area contributed by atoms with E-state index < -0.39 is 0 Å². The van der Waals surface area contributed by atoms with Crippen molar-refractivity contribution in [3.63, 3.8) is 0 Å². The number of halogens is 1. The van der Waals surface area contributed by atoms with Crippen molar-refractivity contribution in [2.24, 2.45) is 4.99 Å². The third-order valence-corrected chi connectivity index (χ3v) is 4.18. The van der Waals surface area contributed by atoms with Crippen LogP contribution in [0.1, 0.15) is 22.4 Å². The number of nitrogens with zero attached hydrogens (tertiary/aromatic N) is 2. The number of guanidine groups is 1. The van der Waals surface area contributed by atoms with E-state index in [1.54, 1.807) is 11.3 Å². The molecule has 1 aromatic carbocycles. The van der Waals surface area contributed by atoms with E-state index in [2.05, 4.69) is 27.5 Å². The highest BCUT2D eigenvalue weighted by molar-refractivity contribution is 7.11. The molecule has 6 heteroatoms. The lowest BCUT2D eigenvalue weighted by Crippen LogP contribution is -2.38. The molecule has 2 N–H and O–H groups in total. The van der Waals surface area contributed by atoms with Crippen LogP contribution in [0.2, 0.25) is 5.02 Å². The lowest BCUT2D eigenvalue weighted by Gasteiger charge is -2.11. The Hall–Kier alpha value is -1.59. The van der Waals surface area contributed by atoms with E-state index in [1.165, 1.54) is 10.4 Å². The van der Waals surface area contributed by atoms with Crippen LogP contribution >= 0.6 is 22.9 Å². The van der Waals surface area contributed by atoms with Crippen LogP contribution in [0.15, 0.2) is 35.5 Å². The van der Waals surface area contributed by atoms with Crippen LogP contribution in [0.5, 0.6) is 0 Å². The van der Waals surface area contributed by atoms with Gasteiger partial charge in [0, 0.05) is 29.2 Å². The summed E-state index contributed by atoms with van der Waals surface area (Å²) in [5.41, 5.74) is 1.26. The van der Waals surface area contributed by atoms with Gasteiger partial charge in [-0.25, -0.2) is 9.98 Å². The van der Waals surface area contributed by atoms with E-state index in [4.69, 9.17) is 11.6 Å². The van der Waals surface area contributed by atoms with Crippen LogP contribution < -0.4 is 10.6 Å². The number of aromatic nitrogens is 1. The Morgan fingerprint density at radius 2 is 2.05 bits per heavy atom. The molecule has 0 bridgehead atoms. The normalized spacial score (nSPS) is 11.5. The Balaban J connectivity index is 1.84. The molecule has 0 aliphatic rings. The summed E-state index contributed by atoms with van der Waals surface area (Å²) in [4.78, 5) is 10.0. The predicted octanol–water partition coefficient (Wildman–Crippen LogP) is 3.40. The number of benzene rings is 1. The molecule has 22 heavy (non-hydrogen) atoms. The molecule has 1 aromatic heterocycles. The molecule has 0 radical (unpaired) electrons. The van der Waals surface area contributed by atoms with Crippen LogP contribution in [0.3, 0.4) is 0 Å². The van der Waals surface area contributed by atoms with Crippen molar-refractivity contribution in [1.29, 1.82) is 0 Å². The summed E-state index contributed by atoms with van der Waals surface area (Å²) in [7, 11) is 0. The first-order valence-electron chi connectivity index (χ1n) is 7.35. The van der Waals surface area contributed by atoms with Gasteiger partial charge in [0.05, 0.1) is 11.6 Å². The van der Waals surface area contributed by atoms with Crippen LogP contribution in [0.4, 0.5) is 0 Å². The molecule has 0 unspecified atom stereocenters. The summed E-state index contributed by atoms with van der Waals surface area (Å²) in [6.45, 7) is 6.39. The van der Waals surface area contributed by atoms with Crippen LogP contribution in [0.25, 0.3) is 0 Å². The standard InChI is InChI=1S/C16H21ClN4S/c1-3-18-16(21-11-15-10-20-12(2)22-15)19-9-8-13-4-6-14(17)7-5-13/h4-7,10H,3,8-9,11H2,1-2H3,(H2,18,19,21). The molecule has 0 spiro atoms. The third-order valence-electron chi connectivity index (χ3n) is 3.03. The van der Waals surface area contributed by atoms with E-state index >= 15 is 0 Å². The Labute approximate surface area is 140 Å². The minimum absolute atomic E-state index is 0.655. The van der Waals surface area contributed by atoms with Crippen molar-refractivity contribution < 1.29 is 0 Å². The van der Waals surface area contributed by atoms with Gasteiger partial charge in [-0.05, 0) is 38.0 Å². The Morgan fingerprint density at radius 3 is 2.68 bits per heavy atom. The van der Waals surface area contributed by atoms with Gasteiger partial charge in [-0.15, -0.1) is 11.3 Å². The molecular weight excluding hydrogens is 316 g/mol. The van der Waals surface area contributed by atoms with Gasteiger partial charge >= 0.3 is 0 Å². The Bertz CT molecular complexity index is 607. The summed E-state index contributed by atoms with van der Waals surface area (Å²) >= 11 is 7.57. The van der Waals surface area contributed by atoms with Gasteiger partial charge in [0.2, 0.25) is 0 Å². The monoisotopic (exact) mass is 336 g/mol. The van der Waals surface area contributed by atoms with Gasteiger partial charge in [-0.3, -0.25) is 0 Å². The highest BCUT2D eigenvalue weighted by Crippen LogP contribution is 2.12. The zero-order valence-electron chi connectivity index (χ0n) is 12.9. The molecule has 0 saturated heterocycles. The zero-order valence-corrected chi connectivity index (χ0v) is 14.5. The van der Waals surface area contributed by atoms with Gasteiger partial charge in [0.15, 0.2) is 5.96 Å². The number of aryl methyl sites for hydroxylation is 1. The number of rotatable bonds is 6. The van der Waals surface area contributed by atoms with E-state index in [0.29, 0.717) is 6.54 Å². The third kappa shape index (κ3) is 5.66. The van der Waals surface area contributed by atoms with Gasteiger partial charge in [0.25, 0.3) is 0 Å². The smallest absolute Gasteiger partial charge is 0.191 e. The molecule has 0 saturated carbocycles. The first-order valence-corrected chi connectivity index (χ1v) is 8.54. The average Bonchev–Trinajstić information content (AvgIpc) is 2.92. The predicted molar refractivity (Wildman–Crippen MR) is 94.8 cm³/mol. The van der Waals surface area contributed by atoms with Crippen molar-refractivity contribution in [1.82, 2.24) is 15.6 Å². The molecule has 0 atom stereocenters. The van der Waals surface area contributed by atoms with Gasteiger partial charge in [-0.1, -0.05) is 23.7 Å². The highest BCUT2D eigenvalue weighted by atomic mass is 35.5. The molecule has 0 amide bonds. The van der Waals surface area contributed by atoms with E-state index in [-0.39, 0.29) is 0 Å². The van der Waals surface area contributed by atoms with Crippen LogP contribution in [-0.2, 0) is 13.0 Å². The van der Waals surface area contributed by atoms with Crippen LogP contribution in [0, 0.1) is 6.92 Å². The van der Waals surface area contributed by atoms with E-state index in [9.17, 15) is 0 Å². The fraction of sp³-hybridized carbons (Fsp3) is 0.375. The second-order valence-electron chi connectivity index (χ2n) is 4.84. The minimum atomic E-state index is 0.655. The lowest BCUT2D eigenvalue weighted by molar-refractivity contribution is 0.800. The lowest BCUT2D eigenvalue weighted by atomic mass is 10.1. The van der Waals surface area contributed by atoms with Crippen molar-refractivity contribution in [3.05, 3.63) is 50.9 Å². The molecule has 4 nitrogen and oxygen atoms in total. The summed E-state index contributed by atoms with van der Waals surface area (Å²) < 4.78 is 0. The SMILES string of the molecule is CCNC(=NCc1cnc(C)s1)NCCc1ccc(Cl)cc1. The number of nitrogens with one attached hydrogen (secondary N) is 2. The highest BCUT2D eigenvalue weighted by Gasteiger charge is 2.00. The van der Waals surface area contributed by atoms with Gasteiger partial charge < -0.3 is 10.6 Å². The molecule has 118 valence electrons. The number of thiazole rings is 1. The maximum atomic E-state index is 5.89. The van der Waals surface area contributed by atoms with Crippen molar-refractivity contribution in [2.75, 3.05) is 13.1 Å².